The predicted molar refractivity (Wildman–Crippen MR) is 179 cm³/mol. The summed E-state index contributed by atoms with van der Waals surface area (Å²) >= 11 is 0. The third-order valence-corrected chi connectivity index (χ3v) is 8.84. The summed E-state index contributed by atoms with van der Waals surface area (Å²) in [7, 11) is 1.94. The number of aromatic nitrogens is 3. The van der Waals surface area contributed by atoms with Crippen LogP contribution in [0.3, 0.4) is 0 Å². The fraction of sp³-hybridized carbons (Fsp3) is 0.378. The highest BCUT2D eigenvalue weighted by atomic mass is 19.1. The van der Waals surface area contributed by atoms with E-state index in [4.69, 9.17) is 10.2 Å². The Kier molecular flexibility index (Phi) is 13.4. The first-order chi connectivity index (χ1) is 23.2. The molecule has 0 aliphatic carbocycles. The number of aliphatic hydroxyl groups is 1. The van der Waals surface area contributed by atoms with E-state index in [0.29, 0.717) is 31.2 Å². The molecule has 0 aliphatic rings. The second-order valence-electron chi connectivity index (χ2n) is 12.2. The molecule has 10 nitrogen and oxygen atoms in total. The number of carboxylic acids is 2. The maximum atomic E-state index is 13.4. The monoisotopic (exact) mass is 658 g/mol. The Balaban J connectivity index is 1.47. The lowest BCUT2D eigenvalue weighted by Crippen LogP contribution is -2.32. The van der Waals surface area contributed by atoms with E-state index >= 15 is 0 Å². The highest BCUT2D eigenvalue weighted by molar-refractivity contribution is 5.92. The number of H-pyrrole nitrogens is 1. The highest BCUT2D eigenvalue weighted by Crippen LogP contribution is 2.35. The summed E-state index contributed by atoms with van der Waals surface area (Å²) in [5, 5.41) is 35.9. The molecule has 3 aromatic carbocycles. The zero-order valence-electron chi connectivity index (χ0n) is 27.0. The van der Waals surface area contributed by atoms with E-state index in [1.165, 1.54) is 24.0 Å². The Morgan fingerprint density at radius 1 is 0.812 bits per heavy atom. The van der Waals surface area contributed by atoms with Gasteiger partial charge in [-0.05, 0) is 97.9 Å². The smallest absolute Gasteiger partial charge is 0.317 e. The van der Waals surface area contributed by atoms with Crippen molar-refractivity contribution in [1.82, 2.24) is 15.2 Å². The van der Waals surface area contributed by atoms with E-state index in [9.17, 15) is 23.9 Å². The SMILES string of the molecule is CN(c1ccc(CCCCc2ncn[nH]2)cc1)[C@H](c1ccc(CCCC(C(=O)O)C(=O)O)cc1)[C@H](C=O)CC[C@H](O)c1ccc(F)cc1. The summed E-state index contributed by atoms with van der Waals surface area (Å²) in [6, 6.07) is 21.3. The van der Waals surface area contributed by atoms with Crippen molar-refractivity contribution in [2.24, 2.45) is 11.8 Å². The number of rotatable bonds is 20. The van der Waals surface area contributed by atoms with Crippen molar-refractivity contribution in [2.75, 3.05) is 11.9 Å². The van der Waals surface area contributed by atoms with Gasteiger partial charge in [-0.1, -0.05) is 48.5 Å². The molecule has 4 rings (SSSR count). The molecule has 0 saturated carbocycles. The van der Waals surface area contributed by atoms with Crippen LogP contribution < -0.4 is 4.90 Å². The first kappa shape index (κ1) is 35.9. The number of carbonyl (C=O) groups is 3. The number of aldehydes is 1. The van der Waals surface area contributed by atoms with Crippen molar-refractivity contribution in [3.05, 3.63) is 113 Å². The molecular formula is C37H43FN4O6. The van der Waals surface area contributed by atoms with Crippen LogP contribution in [0.2, 0.25) is 0 Å². The van der Waals surface area contributed by atoms with Gasteiger partial charge in [0.25, 0.3) is 0 Å². The van der Waals surface area contributed by atoms with Gasteiger partial charge in [0.15, 0.2) is 5.92 Å². The van der Waals surface area contributed by atoms with Crippen LogP contribution in [-0.2, 0) is 33.6 Å². The van der Waals surface area contributed by atoms with Crippen molar-refractivity contribution in [3.63, 3.8) is 0 Å². The van der Waals surface area contributed by atoms with E-state index in [2.05, 4.69) is 32.2 Å². The van der Waals surface area contributed by atoms with Gasteiger partial charge in [-0.3, -0.25) is 14.7 Å². The van der Waals surface area contributed by atoms with Gasteiger partial charge in [0.2, 0.25) is 0 Å². The van der Waals surface area contributed by atoms with Crippen LogP contribution in [0.15, 0.2) is 79.1 Å². The molecule has 1 aromatic heterocycles. The Morgan fingerprint density at radius 3 is 1.98 bits per heavy atom. The predicted octanol–water partition coefficient (Wildman–Crippen LogP) is 6.12. The zero-order chi connectivity index (χ0) is 34.5. The summed E-state index contributed by atoms with van der Waals surface area (Å²) in [6.07, 6.45) is 6.95. The summed E-state index contributed by atoms with van der Waals surface area (Å²) in [6.45, 7) is 0. The molecular weight excluding hydrogens is 615 g/mol. The second-order valence-corrected chi connectivity index (χ2v) is 12.2. The van der Waals surface area contributed by atoms with E-state index < -0.39 is 29.9 Å². The minimum Gasteiger partial charge on any atom is -0.481 e. The fourth-order valence-electron chi connectivity index (χ4n) is 6.04. The number of halogens is 1. The Hall–Kier alpha value is -4.90. The molecule has 0 amide bonds. The van der Waals surface area contributed by atoms with Gasteiger partial charge in [-0.15, -0.1) is 0 Å². The third-order valence-electron chi connectivity index (χ3n) is 8.84. The molecule has 254 valence electrons. The number of anilines is 1. The van der Waals surface area contributed by atoms with Crippen LogP contribution in [0.25, 0.3) is 0 Å². The molecule has 0 aliphatic heterocycles. The number of carboxylic acid groups (broad SMARTS) is 2. The summed E-state index contributed by atoms with van der Waals surface area (Å²) in [4.78, 5) is 41.4. The number of aliphatic carboxylic acids is 2. The molecule has 1 heterocycles. The average molecular weight is 659 g/mol. The molecule has 4 N–H and O–H groups in total. The number of aromatic amines is 1. The maximum absolute atomic E-state index is 13.4. The van der Waals surface area contributed by atoms with Crippen molar-refractivity contribution in [1.29, 1.82) is 0 Å². The largest absolute Gasteiger partial charge is 0.481 e. The van der Waals surface area contributed by atoms with Crippen LogP contribution in [0.5, 0.6) is 0 Å². The van der Waals surface area contributed by atoms with Crippen LogP contribution in [0, 0.1) is 17.7 Å². The Bertz CT molecular complexity index is 1570. The van der Waals surface area contributed by atoms with E-state index in [1.807, 2.05) is 43.4 Å². The summed E-state index contributed by atoms with van der Waals surface area (Å²) in [5.41, 5.74) is 4.53. The summed E-state index contributed by atoms with van der Waals surface area (Å²) in [5.74, 6) is -4.12. The lowest BCUT2D eigenvalue weighted by atomic mass is 9.86. The van der Waals surface area contributed by atoms with E-state index in [1.54, 1.807) is 12.1 Å². The van der Waals surface area contributed by atoms with Crippen LogP contribution in [0.1, 0.15) is 78.7 Å². The first-order valence-corrected chi connectivity index (χ1v) is 16.3. The number of nitrogens with one attached hydrogen (secondary N) is 1. The van der Waals surface area contributed by atoms with Gasteiger partial charge in [0.05, 0.1) is 12.1 Å². The molecule has 48 heavy (non-hydrogen) atoms. The molecule has 3 atom stereocenters. The van der Waals surface area contributed by atoms with Crippen LogP contribution >= 0.6 is 0 Å². The molecule has 4 aromatic rings. The molecule has 0 fully saturated rings. The maximum Gasteiger partial charge on any atom is 0.317 e. The molecule has 0 spiro atoms. The number of nitrogens with zero attached hydrogens (tertiary/aromatic N) is 3. The number of aliphatic hydroxyl groups excluding tert-OH is 1. The van der Waals surface area contributed by atoms with Crippen molar-refractivity contribution >= 4 is 23.9 Å². The summed E-state index contributed by atoms with van der Waals surface area (Å²) < 4.78 is 13.4. The van der Waals surface area contributed by atoms with Gasteiger partial charge in [0, 0.05) is 25.1 Å². The lowest BCUT2D eigenvalue weighted by molar-refractivity contribution is -0.154. The third kappa shape index (κ3) is 10.3. The number of aryl methyl sites for hydroxylation is 3. The Morgan fingerprint density at radius 2 is 1.40 bits per heavy atom. The van der Waals surface area contributed by atoms with Gasteiger partial charge in [-0.25, -0.2) is 9.37 Å². The van der Waals surface area contributed by atoms with Gasteiger partial charge in [0.1, 0.15) is 24.3 Å². The van der Waals surface area contributed by atoms with Crippen molar-refractivity contribution in [2.45, 2.75) is 69.9 Å². The quantitative estimate of drug-likeness (QED) is 0.0499. The van der Waals surface area contributed by atoms with Gasteiger partial charge >= 0.3 is 11.9 Å². The first-order valence-electron chi connectivity index (χ1n) is 16.3. The molecule has 0 saturated heterocycles. The minimum absolute atomic E-state index is 0.0266. The van der Waals surface area contributed by atoms with Gasteiger partial charge < -0.3 is 25.0 Å². The minimum atomic E-state index is -1.44. The zero-order valence-corrected chi connectivity index (χ0v) is 27.0. The van der Waals surface area contributed by atoms with Crippen molar-refractivity contribution < 1.29 is 34.1 Å². The van der Waals surface area contributed by atoms with Crippen molar-refractivity contribution in [3.8, 4) is 0 Å². The lowest BCUT2D eigenvalue weighted by Gasteiger charge is -2.35. The number of hydrogen-bond donors (Lipinski definition) is 4. The molecule has 0 bridgehead atoms. The van der Waals surface area contributed by atoms with Crippen LogP contribution in [0.4, 0.5) is 10.1 Å². The van der Waals surface area contributed by atoms with E-state index in [-0.39, 0.29) is 18.3 Å². The second kappa shape index (κ2) is 17.9. The molecule has 0 radical (unpaired) electrons. The van der Waals surface area contributed by atoms with Gasteiger partial charge in [-0.2, -0.15) is 5.10 Å². The Labute approximate surface area is 279 Å². The van der Waals surface area contributed by atoms with E-state index in [0.717, 1.165) is 54.6 Å². The normalized spacial score (nSPS) is 13.2. The number of hydrogen-bond acceptors (Lipinski definition) is 7. The standard InChI is InChI=1S/C37H43FN4O6/c1-42(31-20-11-25(12-21-31)5-2-3-8-34-39-24-40-41-34)35(29(23-43)17-22-33(44)27-15-18-30(38)19-16-27)28-13-9-26(10-14-28)6-4-7-32(36(45)46)37(47)48/h9-16,18-21,23-24,29,32-33,35,44H,2-8,17,22H2,1H3,(H,45,46)(H,47,48)(H,39,40,41)/t29-,33-,35+/m0/s1. The number of unbranched alkanes of at least 4 members (excludes halogenated alkanes) is 1. The number of carbonyl (C=O) groups excluding carboxylic acids is 1. The number of benzene rings is 3. The topological polar surface area (TPSA) is 157 Å². The fourth-order valence-corrected chi connectivity index (χ4v) is 6.04. The molecule has 0 unspecified atom stereocenters. The van der Waals surface area contributed by atoms with Crippen LogP contribution in [-0.4, -0.2) is 55.8 Å². The highest BCUT2D eigenvalue weighted by Gasteiger charge is 2.29. The average Bonchev–Trinajstić information content (AvgIpc) is 3.61. The molecule has 11 heteroatoms.